The molecule has 0 atom stereocenters. The van der Waals surface area contributed by atoms with Crippen LogP contribution in [0, 0.1) is 0 Å². The number of aryl methyl sites for hydroxylation is 1. The molecular formula is C27H25Cl2N3O6S. The maximum Gasteiger partial charge on any atom is 0.341 e. The third kappa shape index (κ3) is 6.35. The van der Waals surface area contributed by atoms with Crippen molar-refractivity contribution in [2.24, 2.45) is 5.10 Å². The van der Waals surface area contributed by atoms with Crippen molar-refractivity contribution in [3.8, 4) is 11.5 Å². The van der Waals surface area contributed by atoms with E-state index in [4.69, 9.17) is 37.4 Å². The molecule has 0 fully saturated rings. The van der Waals surface area contributed by atoms with Gasteiger partial charge in [-0.15, -0.1) is 11.3 Å². The fourth-order valence-electron chi connectivity index (χ4n) is 4.05. The first-order valence-corrected chi connectivity index (χ1v) is 13.4. The molecule has 2 aromatic carbocycles. The normalized spacial score (nSPS) is 12.5. The van der Waals surface area contributed by atoms with Crippen LogP contribution in [0.25, 0.3) is 0 Å². The Labute approximate surface area is 239 Å². The lowest BCUT2D eigenvalue weighted by molar-refractivity contribution is -0.136. The predicted molar refractivity (Wildman–Crippen MR) is 150 cm³/mol. The van der Waals surface area contributed by atoms with Crippen LogP contribution >= 0.6 is 34.5 Å². The molecule has 0 bridgehead atoms. The number of hydrogen-bond acceptors (Lipinski definition) is 8. The fraction of sp³-hybridized carbons (Fsp3) is 0.259. The zero-order chi connectivity index (χ0) is 28.1. The number of carbonyl (C=O) groups is 3. The lowest BCUT2D eigenvalue weighted by Gasteiger charge is -2.13. The molecule has 1 aromatic heterocycles. The maximum absolute atomic E-state index is 12.5. The molecule has 12 heteroatoms. The van der Waals surface area contributed by atoms with Gasteiger partial charge in [0, 0.05) is 26.0 Å². The van der Waals surface area contributed by atoms with E-state index in [2.05, 4.69) is 15.8 Å². The zero-order valence-corrected chi connectivity index (χ0v) is 23.7. The summed E-state index contributed by atoms with van der Waals surface area (Å²) in [4.78, 5) is 38.3. The number of methoxy groups -OCH3 is 2. The molecule has 0 unspecified atom stereocenters. The Morgan fingerprint density at radius 1 is 1.03 bits per heavy atom. The SMILES string of the molecule is COC(=O)c1c(NC(=O)C(=O)NN=C(C)c2ccc(OCc3c(Cl)cccc3Cl)c(OC)c2)sc2c1CCC2. The quantitative estimate of drug-likeness (QED) is 0.157. The van der Waals surface area contributed by atoms with E-state index in [1.807, 2.05) is 0 Å². The lowest BCUT2D eigenvalue weighted by Crippen LogP contribution is -2.33. The molecule has 2 N–H and O–H groups in total. The van der Waals surface area contributed by atoms with E-state index in [0.717, 1.165) is 29.7 Å². The first-order chi connectivity index (χ1) is 18.7. The smallest absolute Gasteiger partial charge is 0.341 e. The number of esters is 1. The lowest BCUT2D eigenvalue weighted by atomic mass is 10.1. The average Bonchev–Trinajstić information content (AvgIpc) is 3.51. The van der Waals surface area contributed by atoms with Crippen molar-refractivity contribution in [2.45, 2.75) is 32.8 Å². The summed E-state index contributed by atoms with van der Waals surface area (Å²) in [6, 6.07) is 10.3. The standard InChI is InChI=1S/C27H25Cl2N3O6S/c1-14(15-10-11-20(21(12-15)36-2)38-13-17-18(28)7-5-8-19(17)29)31-32-25(34)24(33)30-26-23(27(35)37-3)16-6-4-9-22(16)39-26/h5,7-8,10-12H,4,6,9,13H2,1-3H3,(H,30,33)(H,32,34). The highest BCUT2D eigenvalue weighted by Crippen LogP contribution is 2.39. The molecule has 1 aliphatic carbocycles. The molecule has 0 radical (unpaired) electrons. The molecule has 1 aliphatic rings. The second-order valence-electron chi connectivity index (χ2n) is 8.50. The van der Waals surface area contributed by atoms with Crippen molar-refractivity contribution in [1.82, 2.24) is 5.43 Å². The number of fused-ring (bicyclic) bond motifs is 1. The van der Waals surface area contributed by atoms with Gasteiger partial charge in [-0.1, -0.05) is 29.3 Å². The third-order valence-corrected chi connectivity index (χ3v) is 8.00. The van der Waals surface area contributed by atoms with E-state index in [1.54, 1.807) is 43.3 Å². The summed E-state index contributed by atoms with van der Waals surface area (Å²) in [7, 11) is 2.77. The number of carbonyl (C=O) groups excluding carboxylic acids is 3. The minimum atomic E-state index is -0.984. The molecule has 0 saturated heterocycles. The van der Waals surface area contributed by atoms with E-state index in [1.165, 1.54) is 25.6 Å². The minimum Gasteiger partial charge on any atom is -0.493 e. The van der Waals surface area contributed by atoms with Crippen molar-refractivity contribution >= 4 is 63.0 Å². The van der Waals surface area contributed by atoms with Crippen molar-refractivity contribution < 1.29 is 28.6 Å². The number of ether oxygens (including phenoxy) is 3. The van der Waals surface area contributed by atoms with Crippen LogP contribution in [0.4, 0.5) is 5.00 Å². The highest BCUT2D eigenvalue weighted by Gasteiger charge is 2.29. The Hall–Kier alpha value is -3.60. The Morgan fingerprint density at radius 2 is 1.77 bits per heavy atom. The van der Waals surface area contributed by atoms with E-state index >= 15 is 0 Å². The van der Waals surface area contributed by atoms with Gasteiger partial charge in [0.2, 0.25) is 0 Å². The number of hydrazone groups is 1. The fourth-order valence-corrected chi connectivity index (χ4v) is 5.83. The Balaban J connectivity index is 1.41. The van der Waals surface area contributed by atoms with Gasteiger partial charge in [0.1, 0.15) is 11.6 Å². The maximum atomic E-state index is 12.5. The van der Waals surface area contributed by atoms with E-state index in [-0.39, 0.29) is 6.61 Å². The molecule has 9 nitrogen and oxygen atoms in total. The summed E-state index contributed by atoms with van der Waals surface area (Å²) >= 11 is 13.7. The molecule has 0 saturated carbocycles. The van der Waals surface area contributed by atoms with Gasteiger partial charge < -0.3 is 19.5 Å². The third-order valence-electron chi connectivity index (χ3n) is 6.08. The number of hydrogen-bond donors (Lipinski definition) is 2. The number of benzene rings is 2. The highest BCUT2D eigenvalue weighted by atomic mass is 35.5. The van der Waals surface area contributed by atoms with E-state index in [0.29, 0.717) is 48.9 Å². The van der Waals surface area contributed by atoms with E-state index in [9.17, 15) is 14.4 Å². The van der Waals surface area contributed by atoms with Gasteiger partial charge in [-0.05, 0) is 62.1 Å². The van der Waals surface area contributed by atoms with Gasteiger partial charge in [-0.3, -0.25) is 9.59 Å². The largest absolute Gasteiger partial charge is 0.493 e. The van der Waals surface area contributed by atoms with Crippen LogP contribution in [0.15, 0.2) is 41.5 Å². The number of nitrogens with zero attached hydrogens (tertiary/aromatic N) is 1. The summed E-state index contributed by atoms with van der Waals surface area (Å²) in [5, 5.41) is 7.84. The Bertz CT molecular complexity index is 1450. The van der Waals surface area contributed by atoms with E-state index < -0.39 is 17.8 Å². The van der Waals surface area contributed by atoms with Crippen LogP contribution in [-0.4, -0.2) is 37.7 Å². The zero-order valence-electron chi connectivity index (χ0n) is 21.4. The number of rotatable bonds is 8. The second-order valence-corrected chi connectivity index (χ2v) is 10.4. The van der Waals surface area contributed by atoms with Crippen LogP contribution in [0.3, 0.4) is 0 Å². The van der Waals surface area contributed by atoms with Crippen LogP contribution < -0.4 is 20.2 Å². The van der Waals surface area contributed by atoms with Crippen LogP contribution in [0.2, 0.25) is 10.0 Å². The monoisotopic (exact) mass is 589 g/mol. The van der Waals surface area contributed by atoms with Crippen LogP contribution in [0.1, 0.15) is 45.3 Å². The Morgan fingerprint density at radius 3 is 2.46 bits per heavy atom. The topological polar surface area (TPSA) is 115 Å². The van der Waals surface area contributed by atoms with Crippen LogP contribution in [0.5, 0.6) is 11.5 Å². The summed E-state index contributed by atoms with van der Waals surface area (Å²) < 4.78 is 16.2. The molecule has 0 aliphatic heterocycles. The van der Waals surface area contributed by atoms with Crippen LogP contribution in [-0.2, 0) is 33.8 Å². The Kier molecular flexibility index (Phi) is 9.11. The summed E-state index contributed by atoms with van der Waals surface area (Å²) in [5.74, 6) is -1.60. The molecule has 2 amide bonds. The number of anilines is 1. The van der Waals surface area contributed by atoms with Gasteiger partial charge in [0.05, 0.1) is 25.5 Å². The van der Waals surface area contributed by atoms with Gasteiger partial charge in [-0.25, -0.2) is 10.2 Å². The van der Waals surface area contributed by atoms with Gasteiger partial charge in [-0.2, -0.15) is 5.10 Å². The van der Waals surface area contributed by atoms with Crippen molar-refractivity contribution in [1.29, 1.82) is 0 Å². The van der Waals surface area contributed by atoms with Crippen molar-refractivity contribution in [2.75, 3.05) is 19.5 Å². The predicted octanol–water partition coefficient (Wildman–Crippen LogP) is 5.40. The number of halogens is 2. The molecule has 1 heterocycles. The second kappa shape index (κ2) is 12.5. The molecule has 204 valence electrons. The van der Waals surface area contributed by atoms with Gasteiger partial charge in [0.25, 0.3) is 0 Å². The van der Waals surface area contributed by atoms with Gasteiger partial charge in [0.15, 0.2) is 11.5 Å². The summed E-state index contributed by atoms with van der Waals surface area (Å²) in [5.41, 5.74) is 5.11. The summed E-state index contributed by atoms with van der Waals surface area (Å²) in [6.07, 6.45) is 2.47. The van der Waals surface area contributed by atoms with Gasteiger partial charge >= 0.3 is 17.8 Å². The minimum absolute atomic E-state index is 0.136. The van der Waals surface area contributed by atoms with Crippen molar-refractivity contribution in [3.63, 3.8) is 0 Å². The molecule has 4 rings (SSSR count). The number of thiophene rings is 1. The molecule has 39 heavy (non-hydrogen) atoms. The number of nitrogens with one attached hydrogen (secondary N) is 2. The number of amides is 2. The molecule has 3 aromatic rings. The highest BCUT2D eigenvalue weighted by molar-refractivity contribution is 7.17. The molecule has 0 spiro atoms. The molecular weight excluding hydrogens is 565 g/mol. The first kappa shape index (κ1) is 28.4. The van der Waals surface area contributed by atoms with Crippen molar-refractivity contribution in [3.05, 3.63) is 73.6 Å². The average molecular weight is 590 g/mol. The first-order valence-electron chi connectivity index (χ1n) is 11.9. The summed E-state index contributed by atoms with van der Waals surface area (Å²) in [6.45, 7) is 1.80.